The Morgan fingerprint density at radius 3 is 2.27 bits per heavy atom. The smallest absolute Gasteiger partial charge is 0.247 e. The second-order valence-corrected chi connectivity index (χ2v) is 11.5. The number of ether oxygens (including phenoxy) is 3. The van der Waals surface area contributed by atoms with Crippen LogP contribution in [0.5, 0.6) is 17.2 Å². The first kappa shape index (κ1) is 31.0. The molecule has 44 heavy (non-hydrogen) atoms. The van der Waals surface area contributed by atoms with Crippen molar-refractivity contribution in [3.8, 4) is 17.2 Å². The zero-order valence-corrected chi connectivity index (χ0v) is 26.2. The molecule has 1 atom stereocenters. The molecule has 5 rings (SSSR count). The molecule has 0 saturated heterocycles. The quantitative estimate of drug-likeness (QED) is 0.200. The first-order valence-corrected chi connectivity index (χ1v) is 15.4. The van der Waals surface area contributed by atoms with Gasteiger partial charge >= 0.3 is 0 Å². The third-order valence-electron chi connectivity index (χ3n) is 8.73. The van der Waals surface area contributed by atoms with Crippen molar-refractivity contribution in [2.75, 3.05) is 27.9 Å². The van der Waals surface area contributed by atoms with Crippen LogP contribution in [0, 0.1) is 6.92 Å². The van der Waals surface area contributed by atoms with E-state index in [1.165, 1.54) is 6.42 Å². The van der Waals surface area contributed by atoms with Gasteiger partial charge in [-0.25, -0.2) is 0 Å². The van der Waals surface area contributed by atoms with Gasteiger partial charge in [-0.05, 0) is 66.6 Å². The maximum Gasteiger partial charge on any atom is 0.247 e. The Bertz CT molecular complexity index is 1560. The molecule has 1 fully saturated rings. The maximum atomic E-state index is 14.4. The van der Waals surface area contributed by atoms with Crippen molar-refractivity contribution in [3.63, 3.8) is 0 Å². The van der Waals surface area contributed by atoms with Gasteiger partial charge in [0.2, 0.25) is 17.6 Å². The summed E-state index contributed by atoms with van der Waals surface area (Å²) in [6, 6.07) is 18.8. The summed E-state index contributed by atoms with van der Waals surface area (Å²) in [7, 11) is 4.65. The Balaban J connectivity index is 1.58. The zero-order valence-electron chi connectivity index (χ0n) is 26.2. The van der Waals surface area contributed by atoms with Crippen molar-refractivity contribution in [2.45, 2.75) is 64.0 Å². The van der Waals surface area contributed by atoms with E-state index >= 15 is 0 Å². The largest absolute Gasteiger partial charge is 0.493 e. The number of aromatic amines is 1. The number of fused-ring (bicyclic) bond motifs is 1. The number of methoxy groups -OCH3 is 3. The zero-order chi connectivity index (χ0) is 31.1. The van der Waals surface area contributed by atoms with E-state index in [9.17, 15) is 9.59 Å². The van der Waals surface area contributed by atoms with Crippen molar-refractivity contribution in [3.05, 3.63) is 89.1 Å². The van der Waals surface area contributed by atoms with Crippen LogP contribution < -0.4 is 19.5 Å². The minimum atomic E-state index is -0.910. The lowest BCUT2D eigenvalue weighted by molar-refractivity contribution is -0.140. The lowest BCUT2D eigenvalue weighted by Gasteiger charge is -2.34. The van der Waals surface area contributed by atoms with Crippen molar-refractivity contribution in [1.82, 2.24) is 15.2 Å². The molecule has 8 heteroatoms. The number of rotatable bonds is 12. The van der Waals surface area contributed by atoms with Crippen LogP contribution in [0.3, 0.4) is 0 Å². The molecule has 232 valence electrons. The van der Waals surface area contributed by atoms with Gasteiger partial charge in [0.05, 0.1) is 27.8 Å². The number of carbonyl (C=O) groups is 2. The van der Waals surface area contributed by atoms with Crippen molar-refractivity contribution in [1.29, 1.82) is 0 Å². The van der Waals surface area contributed by atoms with Crippen LogP contribution in [0.2, 0.25) is 0 Å². The van der Waals surface area contributed by atoms with Gasteiger partial charge in [-0.2, -0.15) is 0 Å². The Hall–Kier alpha value is -4.46. The lowest BCUT2D eigenvalue weighted by Crippen LogP contribution is -2.48. The van der Waals surface area contributed by atoms with Gasteiger partial charge in [0.1, 0.15) is 6.04 Å². The van der Waals surface area contributed by atoms with Gasteiger partial charge < -0.3 is 29.4 Å². The number of para-hydroxylation sites is 1. The van der Waals surface area contributed by atoms with Crippen LogP contribution >= 0.6 is 0 Å². The fourth-order valence-electron chi connectivity index (χ4n) is 6.33. The number of hydrogen-bond donors (Lipinski definition) is 2. The van der Waals surface area contributed by atoms with E-state index in [0.717, 1.165) is 53.3 Å². The minimum Gasteiger partial charge on any atom is -0.493 e. The maximum absolute atomic E-state index is 14.4. The van der Waals surface area contributed by atoms with E-state index in [1.54, 1.807) is 38.4 Å². The number of aryl methyl sites for hydroxylation is 1. The molecule has 0 radical (unpaired) electrons. The highest BCUT2D eigenvalue weighted by molar-refractivity contribution is 5.93. The molecule has 3 aromatic carbocycles. The summed E-state index contributed by atoms with van der Waals surface area (Å²) in [6.45, 7) is 2.42. The Morgan fingerprint density at radius 1 is 0.909 bits per heavy atom. The molecule has 2 amide bonds. The molecule has 0 aliphatic heterocycles. The Labute approximate surface area is 259 Å². The third kappa shape index (κ3) is 6.85. The number of benzene rings is 3. The average Bonchev–Trinajstić information content (AvgIpc) is 3.45. The molecule has 1 aromatic heterocycles. The number of carbonyl (C=O) groups excluding carboxylic acids is 2. The Morgan fingerprint density at radius 2 is 1.59 bits per heavy atom. The van der Waals surface area contributed by atoms with E-state index in [-0.39, 0.29) is 24.3 Å². The molecule has 1 heterocycles. The molecule has 1 saturated carbocycles. The van der Waals surface area contributed by atoms with Gasteiger partial charge in [-0.15, -0.1) is 0 Å². The number of hydrogen-bond acceptors (Lipinski definition) is 5. The summed E-state index contributed by atoms with van der Waals surface area (Å²) in [4.78, 5) is 33.8. The minimum absolute atomic E-state index is 0.0720. The van der Waals surface area contributed by atoms with E-state index in [4.69, 9.17) is 14.2 Å². The van der Waals surface area contributed by atoms with Crippen molar-refractivity contribution in [2.24, 2.45) is 0 Å². The molecule has 1 aliphatic rings. The van der Waals surface area contributed by atoms with Crippen molar-refractivity contribution >= 4 is 22.7 Å². The molecule has 0 spiro atoms. The van der Waals surface area contributed by atoms with E-state index < -0.39 is 6.04 Å². The summed E-state index contributed by atoms with van der Waals surface area (Å²) in [6.07, 6.45) is 7.83. The molecular formula is C36H43N3O5. The van der Waals surface area contributed by atoms with Crippen LogP contribution in [-0.2, 0) is 22.4 Å². The number of H-pyrrole nitrogens is 1. The summed E-state index contributed by atoms with van der Waals surface area (Å²) in [5.74, 6) is 0.950. The monoisotopic (exact) mass is 597 g/mol. The van der Waals surface area contributed by atoms with Crippen LogP contribution in [0.15, 0.2) is 66.9 Å². The molecular weight excluding hydrogens is 554 g/mol. The van der Waals surface area contributed by atoms with E-state index in [1.807, 2.05) is 42.6 Å². The number of aromatic nitrogens is 1. The fraction of sp³-hybridized carbons (Fsp3) is 0.389. The van der Waals surface area contributed by atoms with Crippen LogP contribution in [-0.4, -0.2) is 55.6 Å². The van der Waals surface area contributed by atoms with Crippen molar-refractivity contribution < 1.29 is 23.8 Å². The fourth-order valence-corrected chi connectivity index (χ4v) is 6.33. The number of nitrogens with one attached hydrogen (secondary N) is 2. The van der Waals surface area contributed by atoms with Gasteiger partial charge in [0.25, 0.3) is 0 Å². The number of nitrogens with zero attached hydrogens (tertiary/aromatic N) is 1. The lowest BCUT2D eigenvalue weighted by atomic mass is 9.94. The summed E-state index contributed by atoms with van der Waals surface area (Å²) in [5, 5.41) is 4.30. The summed E-state index contributed by atoms with van der Waals surface area (Å²) in [5.41, 5.74) is 4.74. The van der Waals surface area contributed by atoms with Crippen LogP contribution in [0.1, 0.15) is 60.4 Å². The second kappa shape index (κ2) is 14.3. The summed E-state index contributed by atoms with van der Waals surface area (Å²) >= 11 is 0. The first-order chi connectivity index (χ1) is 21.4. The first-order valence-electron chi connectivity index (χ1n) is 15.4. The molecule has 2 N–H and O–H groups in total. The normalized spacial score (nSPS) is 14.2. The predicted octanol–water partition coefficient (Wildman–Crippen LogP) is 6.31. The molecule has 4 aromatic rings. The SMILES string of the molecule is COc1cc([C@H](C(=O)NC2CCCCC2)N(CCc2ccccc2C)C(=O)Cc2c[nH]c3ccccc23)cc(OC)c1OC. The molecule has 0 bridgehead atoms. The van der Waals surface area contributed by atoms with Gasteiger partial charge in [0, 0.05) is 29.7 Å². The highest BCUT2D eigenvalue weighted by Gasteiger charge is 2.34. The second-order valence-electron chi connectivity index (χ2n) is 11.5. The van der Waals surface area contributed by atoms with Gasteiger partial charge in [-0.1, -0.05) is 61.7 Å². The molecule has 8 nitrogen and oxygen atoms in total. The van der Waals surface area contributed by atoms with Crippen LogP contribution in [0.25, 0.3) is 10.9 Å². The van der Waals surface area contributed by atoms with Gasteiger partial charge in [-0.3, -0.25) is 9.59 Å². The third-order valence-corrected chi connectivity index (χ3v) is 8.73. The molecule has 1 aliphatic carbocycles. The van der Waals surface area contributed by atoms with Gasteiger partial charge in [0.15, 0.2) is 11.5 Å². The number of amides is 2. The topological polar surface area (TPSA) is 92.9 Å². The highest BCUT2D eigenvalue weighted by atomic mass is 16.5. The molecule has 0 unspecified atom stereocenters. The Kier molecular flexibility index (Phi) is 10.1. The summed E-state index contributed by atoms with van der Waals surface area (Å²) < 4.78 is 16.9. The highest BCUT2D eigenvalue weighted by Crippen LogP contribution is 2.41. The standard InChI is InChI=1S/C36H43N3O5/c1-24-12-8-9-13-25(24)18-19-39(33(40)22-27-23-37-30-17-11-10-16-29(27)30)34(36(41)38-28-14-6-5-7-15-28)26-20-31(42-2)35(44-4)32(21-26)43-3/h8-13,16-17,20-21,23,28,34,37H,5-7,14-15,18-19,22H2,1-4H3,(H,38,41)/t34-/m1/s1. The van der Waals surface area contributed by atoms with E-state index in [0.29, 0.717) is 35.8 Å². The van der Waals surface area contributed by atoms with E-state index in [2.05, 4.69) is 29.4 Å². The predicted molar refractivity (Wildman–Crippen MR) is 172 cm³/mol. The average molecular weight is 598 g/mol. The van der Waals surface area contributed by atoms with Crippen LogP contribution in [0.4, 0.5) is 0 Å².